The molecule has 142 valence electrons. The van der Waals surface area contributed by atoms with E-state index in [0.717, 1.165) is 28.5 Å². The Labute approximate surface area is 163 Å². The third kappa shape index (κ3) is 2.76. The van der Waals surface area contributed by atoms with E-state index in [1.54, 1.807) is 6.20 Å². The molecule has 3 aliphatic rings. The van der Waals surface area contributed by atoms with Crippen LogP contribution in [-0.2, 0) is 6.61 Å². The van der Waals surface area contributed by atoms with Crippen molar-refractivity contribution in [3.8, 4) is 22.7 Å². The van der Waals surface area contributed by atoms with Crippen molar-refractivity contribution in [1.29, 1.82) is 0 Å². The van der Waals surface area contributed by atoms with E-state index in [9.17, 15) is 0 Å². The molecule has 0 saturated carbocycles. The minimum Gasteiger partial charge on any atom is -0.472 e. The lowest BCUT2D eigenvalue weighted by molar-refractivity contribution is 0.290. The fourth-order valence-corrected chi connectivity index (χ4v) is 4.89. The summed E-state index contributed by atoms with van der Waals surface area (Å²) < 4.78 is 7.88. The van der Waals surface area contributed by atoms with Crippen LogP contribution in [0.15, 0.2) is 48.8 Å². The number of ether oxygens (including phenoxy) is 1. The molecule has 2 N–H and O–H groups in total. The van der Waals surface area contributed by atoms with Gasteiger partial charge in [-0.25, -0.2) is 4.68 Å². The number of nitrogens with zero attached hydrogens (tertiary/aromatic N) is 3. The van der Waals surface area contributed by atoms with Gasteiger partial charge in [0.15, 0.2) is 0 Å². The molecule has 0 amide bonds. The number of aromatic nitrogens is 3. The van der Waals surface area contributed by atoms with Gasteiger partial charge in [0.1, 0.15) is 12.4 Å². The Balaban J connectivity index is 1.26. The molecule has 3 atom stereocenters. The van der Waals surface area contributed by atoms with Gasteiger partial charge in [0.25, 0.3) is 0 Å². The van der Waals surface area contributed by atoms with Crippen LogP contribution >= 0.6 is 0 Å². The van der Waals surface area contributed by atoms with Gasteiger partial charge in [0, 0.05) is 36.1 Å². The minimum atomic E-state index is 0.497. The van der Waals surface area contributed by atoms with Crippen molar-refractivity contribution in [3.63, 3.8) is 0 Å². The first kappa shape index (κ1) is 16.1. The number of pyridine rings is 1. The number of anilines is 1. The van der Waals surface area contributed by atoms with Crippen molar-refractivity contribution in [2.45, 2.75) is 50.4 Å². The van der Waals surface area contributed by atoms with Crippen LogP contribution in [0.5, 0.6) is 5.88 Å². The van der Waals surface area contributed by atoms with Gasteiger partial charge >= 0.3 is 0 Å². The number of fused-ring (bicyclic) bond motifs is 5. The molecule has 6 nitrogen and oxygen atoms in total. The number of benzene rings is 1. The molecule has 0 spiro atoms. The van der Waals surface area contributed by atoms with Crippen molar-refractivity contribution < 1.29 is 4.74 Å². The quantitative estimate of drug-likeness (QED) is 0.735. The van der Waals surface area contributed by atoms with E-state index in [2.05, 4.69) is 46.1 Å². The van der Waals surface area contributed by atoms with Crippen molar-refractivity contribution in [3.05, 3.63) is 54.4 Å². The Hall–Kier alpha value is -2.86. The molecule has 2 fully saturated rings. The third-order valence-electron chi connectivity index (χ3n) is 6.20. The summed E-state index contributed by atoms with van der Waals surface area (Å²) in [6.07, 6.45) is 8.70. The van der Waals surface area contributed by atoms with Gasteiger partial charge < -0.3 is 15.4 Å². The van der Waals surface area contributed by atoms with E-state index < -0.39 is 0 Å². The number of hydrogen-bond acceptors (Lipinski definition) is 5. The summed E-state index contributed by atoms with van der Waals surface area (Å²) in [7, 11) is 0. The minimum absolute atomic E-state index is 0.497. The van der Waals surface area contributed by atoms with Crippen LogP contribution in [0.25, 0.3) is 16.8 Å². The lowest BCUT2D eigenvalue weighted by atomic mass is 9.98. The van der Waals surface area contributed by atoms with Gasteiger partial charge in [-0.3, -0.25) is 0 Å². The van der Waals surface area contributed by atoms with Crippen molar-refractivity contribution in [1.82, 2.24) is 20.1 Å². The molecule has 1 unspecified atom stereocenters. The van der Waals surface area contributed by atoms with Crippen molar-refractivity contribution in [2.75, 3.05) is 5.32 Å². The van der Waals surface area contributed by atoms with E-state index in [0.29, 0.717) is 24.7 Å². The molecule has 2 saturated heterocycles. The number of nitrogens with one attached hydrogen (secondary N) is 2. The average Bonchev–Trinajstić information content (AvgIpc) is 3.37. The Morgan fingerprint density at radius 2 is 1.93 bits per heavy atom. The predicted octanol–water partition coefficient (Wildman–Crippen LogP) is 3.52. The summed E-state index contributed by atoms with van der Waals surface area (Å²) in [4.78, 5) is 4.78. The zero-order valence-corrected chi connectivity index (χ0v) is 15.6. The summed E-state index contributed by atoms with van der Waals surface area (Å²) in [6, 6.07) is 14.4. The zero-order valence-electron chi connectivity index (χ0n) is 15.6. The summed E-state index contributed by atoms with van der Waals surface area (Å²) in [6.45, 7) is 0.533. The lowest BCUT2D eigenvalue weighted by Gasteiger charge is -2.30. The average molecular weight is 373 g/mol. The fraction of sp³-hybridized carbons (Fsp3) is 0.364. The van der Waals surface area contributed by atoms with Gasteiger partial charge in [-0.05, 0) is 67.1 Å². The van der Waals surface area contributed by atoms with E-state index in [4.69, 9.17) is 9.72 Å². The molecule has 1 aromatic carbocycles. The molecular formula is C22H23N5O. The fourth-order valence-electron chi connectivity index (χ4n) is 4.89. The van der Waals surface area contributed by atoms with Crippen LogP contribution in [0, 0.1) is 0 Å². The first-order valence-electron chi connectivity index (χ1n) is 10.1. The second kappa shape index (κ2) is 6.34. The summed E-state index contributed by atoms with van der Waals surface area (Å²) in [5.41, 5.74) is 4.46. The van der Waals surface area contributed by atoms with Crippen LogP contribution in [-0.4, -0.2) is 32.9 Å². The standard InChI is InChI=1S/C22H23N5O/c1-8-23-27(9-1)18-4-5-19-14(10-18)13-28-22-20(19)6-7-21(26-22)25-17-11-15-2-3-16(12-17)24-15/h1,4-10,15-17,24H,2-3,11-13H2,(H,25,26)/t15-,16+,17?. The van der Waals surface area contributed by atoms with Gasteiger partial charge in [-0.15, -0.1) is 0 Å². The largest absolute Gasteiger partial charge is 0.472 e. The monoisotopic (exact) mass is 373 g/mol. The first-order chi connectivity index (χ1) is 13.8. The molecule has 3 aliphatic heterocycles. The van der Waals surface area contributed by atoms with E-state index in [1.807, 2.05) is 16.9 Å². The predicted molar refractivity (Wildman–Crippen MR) is 108 cm³/mol. The highest BCUT2D eigenvalue weighted by molar-refractivity contribution is 5.75. The molecule has 28 heavy (non-hydrogen) atoms. The van der Waals surface area contributed by atoms with Crippen LogP contribution in [0.4, 0.5) is 5.82 Å². The SMILES string of the molecule is c1cnn(-c2ccc3c(c2)COc2nc(NC4C[C@H]5CC[C@@H](C4)N5)ccc2-3)c1. The third-order valence-corrected chi connectivity index (χ3v) is 6.20. The molecule has 2 aromatic heterocycles. The molecule has 2 bridgehead atoms. The van der Waals surface area contributed by atoms with Gasteiger partial charge in [-0.1, -0.05) is 6.07 Å². The van der Waals surface area contributed by atoms with Gasteiger partial charge in [0.2, 0.25) is 5.88 Å². The Bertz CT molecular complexity index is 1000. The van der Waals surface area contributed by atoms with Crippen molar-refractivity contribution in [2.24, 2.45) is 0 Å². The zero-order chi connectivity index (χ0) is 18.5. The summed E-state index contributed by atoms with van der Waals surface area (Å²) in [5, 5.41) is 11.6. The molecule has 3 aromatic rings. The maximum atomic E-state index is 6.01. The molecule has 5 heterocycles. The number of piperidine rings is 1. The molecule has 6 rings (SSSR count). The second-order valence-electron chi connectivity index (χ2n) is 8.08. The highest BCUT2D eigenvalue weighted by Gasteiger charge is 2.33. The Kier molecular flexibility index (Phi) is 3.65. The molecule has 6 heteroatoms. The van der Waals surface area contributed by atoms with Gasteiger partial charge in [-0.2, -0.15) is 10.1 Å². The Morgan fingerprint density at radius 1 is 1.07 bits per heavy atom. The maximum absolute atomic E-state index is 6.01. The number of hydrogen-bond donors (Lipinski definition) is 2. The summed E-state index contributed by atoms with van der Waals surface area (Å²) >= 11 is 0. The van der Waals surface area contributed by atoms with E-state index in [-0.39, 0.29) is 0 Å². The first-order valence-corrected chi connectivity index (χ1v) is 10.1. The highest BCUT2D eigenvalue weighted by Crippen LogP contribution is 2.38. The second-order valence-corrected chi connectivity index (χ2v) is 8.08. The number of rotatable bonds is 3. The summed E-state index contributed by atoms with van der Waals surface area (Å²) in [5.74, 6) is 1.64. The topological polar surface area (TPSA) is 64.0 Å². The van der Waals surface area contributed by atoms with Crippen LogP contribution in [0.2, 0.25) is 0 Å². The molecule has 0 aliphatic carbocycles. The Morgan fingerprint density at radius 3 is 2.75 bits per heavy atom. The lowest BCUT2D eigenvalue weighted by Crippen LogP contribution is -2.43. The molecular weight excluding hydrogens is 350 g/mol. The van der Waals surface area contributed by atoms with Crippen molar-refractivity contribution >= 4 is 5.82 Å². The smallest absolute Gasteiger partial charge is 0.223 e. The van der Waals surface area contributed by atoms with Crippen LogP contribution in [0.3, 0.4) is 0 Å². The maximum Gasteiger partial charge on any atom is 0.223 e. The van der Waals surface area contributed by atoms with Crippen LogP contribution in [0.1, 0.15) is 31.2 Å². The van der Waals surface area contributed by atoms with E-state index >= 15 is 0 Å². The highest BCUT2D eigenvalue weighted by atomic mass is 16.5. The normalized spacial score (nSPS) is 24.9. The van der Waals surface area contributed by atoms with E-state index in [1.165, 1.54) is 31.2 Å². The van der Waals surface area contributed by atoms with Crippen LogP contribution < -0.4 is 15.4 Å². The molecule has 0 radical (unpaired) electrons. The van der Waals surface area contributed by atoms with Gasteiger partial charge in [0.05, 0.1) is 5.69 Å².